The minimum atomic E-state index is 0.00762. The third kappa shape index (κ3) is 2.97. The van der Waals surface area contributed by atoms with Crippen molar-refractivity contribution in [3.05, 3.63) is 38.9 Å². The van der Waals surface area contributed by atoms with Gasteiger partial charge in [0.25, 0.3) is 0 Å². The zero-order valence-electron chi connectivity index (χ0n) is 11.8. The van der Waals surface area contributed by atoms with Gasteiger partial charge in [-0.2, -0.15) is 5.26 Å². The van der Waals surface area contributed by atoms with Gasteiger partial charge in [-0.05, 0) is 29.5 Å². The molecule has 1 aromatic heterocycles. The van der Waals surface area contributed by atoms with E-state index in [-0.39, 0.29) is 10.7 Å². The Kier molecular flexibility index (Phi) is 4.07. The second-order valence-electron chi connectivity index (χ2n) is 5.51. The van der Waals surface area contributed by atoms with Crippen molar-refractivity contribution in [2.45, 2.75) is 27.7 Å². The number of rotatable bonds is 1. The van der Waals surface area contributed by atoms with Crippen molar-refractivity contribution in [1.29, 1.82) is 5.26 Å². The molecule has 0 aliphatic carbocycles. The van der Waals surface area contributed by atoms with E-state index in [0.717, 1.165) is 16.3 Å². The Labute approximate surface area is 128 Å². The molecule has 0 bridgehead atoms. The van der Waals surface area contributed by atoms with E-state index >= 15 is 0 Å². The highest BCUT2D eigenvalue weighted by molar-refractivity contribution is 8.06. The summed E-state index contributed by atoms with van der Waals surface area (Å²) >= 11 is 7.33. The Bertz CT molecular complexity index is 650. The fourth-order valence-corrected chi connectivity index (χ4v) is 2.88. The summed E-state index contributed by atoms with van der Waals surface area (Å²) in [4.78, 5) is 8.09. The number of aryl methyl sites for hydroxylation is 1. The number of hydrogen-bond donors (Lipinski definition) is 1. The minimum absolute atomic E-state index is 0.00762. The first kappa shape index (κ1) is 14.9. The number of thioether (sulfide) groups is 1. The molecule has 2 rings (SSSR count). The fraction of sp³-hybridized carbons (Fsp3) is 0.357. The number of allylic oxidation sites excluding steroid dienone is 2. The Balaban J connectivity index is 2.43. The van der Waals surface area contributed by atoms with Crippen LogP contribution in [0.1, 0.15) is 32.0 Å². The van der Waals surface area contributed by atoms with Crippen molar-refractivity contribution in [3.8, 4) is 6.07 Å². The number of hydrogen-bond acceptors (Lipinski definition) is 5. The Morgan fingerprint density at radius 2 is 2.15 bits per heavy atom. The average Bonchev–Trinajstić information content (AvgIpc) is 2.84. The zero-order chi connectivity index (χ0) is 14.9. The number of nitrogens with one attached hydrogen (secondary N) is 1. The van der Waals surface area contributed by atoms with Gasteiger partial charge in [0.1, 0.15) is 11.6 Å². The maximum Gasteiger partial charge on any atom is 0.222 e. The average molecular weight is 307 g/mol. The molecule has 0 saturated heterocycles. The number of nitriles is 1. The van der Waals surface area contributed by atoms with Crippen LogP contribution in [0.3, 0.4) is 0 Å². The fourth-order valence-electron chi connectivity index (χ4n) is 1.67. The van der Waals surface area contributed by atoms with Crippen molar-refractivity contribution in [2.24, 2.45) is 5.41 Å². The topological polar surface area (TPSA) is 61.6 Å². The summed E-state index contributed by atoms with van der Waals surface area (Å²) in [5, 5.41) is 15.7. The number of halogens is 1. The summed E-state index contributed by atoms with van der Waals surface area (Å²) in [6, 6.07) is 2.21. The highest BCUT2D eigenvalue weighted by Gasteiger charge is 2.25. The largest absolute Gasteiger partial charge is 0.351 e. The molecule has 104 valence electrons. The van der Waals surface area contributed by atoms with Crippen LogP contribution in [0, 0.1) is 23.7 Å². The molecule has 0 aromatic carbocycles. The minimum Gasteiger partial charge on any atom is -0.351 e. The standard InChI is InChI=1S/C14H15ClN4S/c1-8-6-17-13(15)19-11(8)9(5-16)12-18-10(7-20-12)14(2,3)4/h6-7,18H,1-4H3/b12-9+. The second kappa shape index (κ2) is 5.47. The SMILES string of the molecule is Cc1cnc(Cl)nc1/C(C#N)=C1\NC(C(C)(C)C)=CS1. The molecule has 1 aliphatic rings. The lowest BCUT2D eigenvalue weighted by molar-refractivity contribution is 0.481. The van der Waals surface area contributed by atoms with Gasteiger partial charge in [0.15, 0.2) is 0 Å². The first-order valence-corrected chi connectivity index (χ1v) is 7.37. The van der Waals surface area contributed by atoms with Gasteiger partial charge in [-0.25, -0.2) is 9.97 Å². The summed E-state index contributed by atoms with van der Waals surface area (Å²) in [6.07, 6.45) is 1.63. The third-order valence-electron chi connectivity index (χ3n) is 2.87. The molecule has 20 heavy (non-hydrogen) atoms. The molecule has 0 atom stereocenters. The van der Waals surface area contributed by atoms with Crippen LogP contribution >= 0.6 is 23.4 Å². The third-order valence-corrected chi connectivity index (χ3v) is 3.95. The predicted molar refractivity (Wildman–Crippen MR) is 82.6 cm³/mol. The lowest BCUT2D eigenvalue weighted by Gasteiger charge is -2.20. The van der Waals surface area contributed by atoms with Crippen LogP contribution in [0.2, 0.25) is 5.28 Å². The van der Waals surface area contributed by atoms with E-state index < -0.39 is 0 Å². The van der Waals surface area contributed by atoms with E-state index in [0.29, 0.717) is 11.3 Å². The van der Waals surface area contributed by atoms with Gasteiger partial charge in [-0.1, -0.05) is 32.5 Å². The van der Waals surface area contributed by atoms with Gasteiger partial charge < -0.3 is 5.32 Å². The first-order chi connectivity index (χ1) is 9.32. The van der Waals surface area contributed by atoms with E-state index in [4.69, 9.17) is 11.6 Å². The van der Waals surface area contributed by atoms with Gasteiger partial charge in [-0.15, -0.1) is 0 Å². The van der Waals surface area contributed by atoms with Gasteiger partial charge in [0.2, 0.25) is 5.28 Å². The maximum absolute atomic E-state index is 9.46. The Morgan fingerprint density at radius 1 is 1.45 bits per heavy atom. The predicted octanol–water partition coefficient (Wildman–Crippen LogP) is 3.85. The van der Waals surface area contributed by atoms with Gasteiger partial charge in [0.05, 0.1) is 10.7 Å². The molecule has 0 radical (unpaired) electrons. The Hall–Kier alpha value is -1.51. The Morgan fingerprint density at radius 3 is 2.70 bits per heavy atom. The molecule has 4 nitrogen and oxygen atoms in total. The molecular formula is C14H15ClN4S. The van der Waals surface area contributed by atoms with Crippen molar-refractivity contribution >= 4 is 28.9 Å². The summed E-state index contributed by atoms with van der Waals surface area (Å²) < 4.78 is 0. The van der Waals surface area contributed by atoms with Crippen molar-refractivity contribution in [3.63, 3.8) is 0 Å². The van der Waals surface area contributed by atoms with Crippen LogP contribution in [0.5, 0.6) is 0 Å². The smallest absolute Gasteiger partial charge is 0.222 e. The molecule has 0 unspecified atom stereocenters. The second-order valence-corrected chi connectivity index (χ2v) is 6.73. The van der Waals surface area contributed by atoms with Crippen LogP contribution < -0.4 is 5.32 Å². The van der Waals surface area contributed by atoms with E-state index in [1.807, 2.05) is 12.3 Å². The molecule has 0 fully saturated rings. The summed E-state index contributed by atoms with van der Waals surface area (Å²) in [6.45, 7) is 8.22. The normalized spacial score (nSPS) is 17.3. The molecule has 0 spiro atoms. The van der Waals surface area contributed by atoms with Crippen LogP contribution in [-0.4, -0.2) is 9.97 Å². The van der Waals surface area contributed by atoms with Crippen molar-refractivity contribution < 1.29 is 0 Å². The van der Waals surface area contributed by atoms with Gasteiger partial charge >= 0.3 is 0 Å². The molecule has 1 aliphatic heterocycles. The van der Waals surface area contributed by atoms with E-state index in [2.05, 4.69) is 42.1 Å². The number of nitrogens with zero attached hydrogens (tertiary/aromatic N) is 3. The quantitative estimate of drug-likeness (QED) is 0.630. The molecule has 6 heteroatoms. The molecule has 2 heterocycles. The first-order valence-electron chi connectivity index (χ1n) is 6.11. The molecule has 0 amide bonds. The summed E-state index contributed by atoms with van der Waals surface area (Å²) in [5.74, 6) is 0. The van der Waals surface area contributed by atoms with Crippen LogP contribution in [0.4, 0.5) is 0 Å². The highest BCUT2D eigenvalue weighted by Crippen LogP contribution is 2.38. The molecular weight excluding hydrogens is 292 g/mol. The van der Waals surface area contributed by atoms with Crippen molar-refractivity contribution in [2.75, 3.05) is 0 Å². The highest BCUT2D eigenvalue weighted by atomic mass is 35.5. The van der Waals surface area contributed by atoms with Crippen LogP contribution in [0.15, 0.2) is 22.3 Å². The van der Waals surface area contributed by atoms with Gasteiger partial charge in [0, 0.05) is 17.3 Å². The summed E-state index contributed by atoms with van der Waals surface area (Å²) in [7, 11) is 0. The van der Waals surface area contributed by atoms with E-state index in [1.54, 1.807) is 6.20 Å². The monoisotopic (exact) mass is 306 g/mol. The zero-order valence-corrected chi connectivity index (χ0v) is 13.4. The van der Waals surface area contributed by atoms with Crippen LogP contribution in [-0.2, 0) is 0 Å². The molecule has 0 saturated carbocycles. The van der Waals surface area contributed by atoms with Crippen LogP contribution in [0.25, 0.3) is 5.57 Å². The molecule has 1 aromatic rings. The summed E-state index contributed by atoms with van der Waals surface area (Å²) in [5.41, 5.74) is 2.99. The van der Waals surface area contributed by atoms with E-state index in [9.17, 15) is 5.26 Å². The van der Waals surface area contributed by atoms with Gasteiger partial charge in [-0.3, -0.25) is 0 Å². The van der Waals surface area contributed by atoms with Crippen molar-refractivity contribution in [1.82, 2.24) is 15.3 Å². The maximum atomic E-state index is 9.46. The molecule has 1 N–H and O–H groups in total. The van der Waals surface area contributed by atoms with E-state index in [1.165, 1.54) is 11.8 Å². The lowest BCUT2D eigenvalue weighted by Crippen LogP contribution is -2.20. The lowest BCUT2D eigenvalue weighted by atomic mass is 9.93. The number of aromatic nitrogens is 2.